The van der Waals surface area contributed by atoms with Gasteiger partial charge in [0.2, 0.25) is 5.82 Å². The summed E-state index contributed by atoms with van der Waals surface area (Å²) in [4.78, 5) is 33.5. The van der Waals surface area contributed by atoms with Gasteiger partial charge in [-0.05, 0) is 19.2 Å². The second-order valence-corrected chi connectivity index (χ2v) is 5.83. The maximum Gasteiger partial charge on any atom is 0.287 e. The molecule has 24 heavy (non-hydrogen) atoms. The van der Waals surface area contributed by atoms with Crippen LogP contribution in [-0.2, 0) is 0 Å². The van der Waals surface area contributed by atoms with Crippen molar-refractivity contribution in [2.45, 2.75) is 0 Å². The molecule has 3 rings (SSSR count). The molecule has 126 valence electrons. The molecule has 0 radical (unpaired) electrons. The Hall–Kier alpha value is -2.67. The van der Waals surface area contributed by atoms with Crippen LogP contribution in [0.1, 0.15) is 21.1 Å². The lowest BCUT2D eigenvalue weighted by Crippen LogP contribution is -2.47. The van der Waals surface area contributed by atoms with E-state index >= 15 is 0 Å². The van der Waals surface area contributed by atoms with Gasteiger partial charge in [-0.3, -0.25) is 14.0 Å². The Morgan fingerprint density at radius 2 is 2.04 bits per heavy atom. The highest BCUT2D eigenvalue weighted by atomic mass is 16.2. The van der Waals surface area contributed by atoms with Crippen LogP contribution in [-0.4, -0.2) is 70.8 Å². The van der Waals surface area contributed by atoms with E-state index in [0.29, 0.717) is 30.8 Å². The molecule has 2 aromatic rings. The Morgan fingerprint density at radius 3 is 2.75 bits per heavy atom. The fraction of sp³-hybridized carbons (Fsp3) is 0.353. The molecule has 0 saturated carbocycles. The summed E-state index contributed by atoms with van der Waals surface area (Å²) in [5, 5.41) is 2.71. The van der Waals surface area contributed by atoms with Crippen molar-refractivity contribution in [2.24, 2.45) is 0 Å². The quantitative estimate of drug-likeness (QED) is 0.837. The molecular formula is C17H21N5O2. The van der Waals surface area contributed by atoms with Crippen LogP contribution >= 0.6 is 0 Å². The lowest BCUT2D eigenvalue weighted by molar-refractivity contribution is 0.0661. The predicted octanol–water partition coefficient (Wildman–Crippen LogP) is 0.638. The van der Waals surface area contributed by atoms with Gasteiger partial charge < -0.3 is 15.1 Å². The Bertz CT molecular complexity index is 774. The Morgan fingerprint density at radius 1 is 1.29 bits per heavy atom. The van der Waals surface area contributed by atoms with E-state index in [4.69, 9.17) is 0 Å². The second-order valence-electron chi connectivity index (χ2n) is 5.83. The van der Waals surface area contributed by atoms with Crippen LogP contribution in [0.2, 0.25) is 0 Å². The molecule has 1 aliphatic rings. The fourth-order valence-corrected chi connectivity index (χ4v) is 2.76. The van der Waals surface area contributed by atoms with E-state index in [1.54, 1.807) is 27.6 Å². The number of aromatic nitrogens is 2. The number of hydrogen-bond acceptors (Lipinski definition) is 4. The molecule has 0 unspecified atom stereocenters. The SMILES string of the molecule is C=CCNC(=O)c1nc(C(=O)N2CCN(C)CC2)c2ccccn12. The summed E-state index contributed by atoms with van der Waals surface area (Å²) < 4.78 is 1.65. The number of pyridine rings is 1. The highest BCUT2D eigenvalue weighted by molar-refractivity contribution is 6.02. The van der Waals surface area contributed by atoms with Gasteiger partial charge in [0.1, 0.15) is 0 Å². The van der Waals surface area contributed by atoms with Gasteiger partial charge in [0.15, 0.2) is 5.69 Å². The lowest BCUT2D eigenvalue weighted by atomic mass is 10.2. The summed E-state index contributed by atoms with van der Waals surface area (Å²) in [6.07, 6.45) is 3.34. The van der Waals surface area contributed by atoms with Crippen LogP contribution in [0, 0.1) is 0 Å². The van der Waals surface area contributed by atoms with E-state index in [9.17, 15) is 9.59 Å². The molecule has 0 aliphatic carbocycles. The number of fused-ring (bicyclic) bond motifs is 1. The van der Waals surface area contributed by atoms with E-state index in [1.807, 2.05) is 19.2 Å². The molecule has 0 aromatic carbocycles. The zero-order valence-corrected chi connectivity index (χ0v) is 13.7. The van der Waals surface area contributed by atoms with Crippen LogP contribution in [0.25, 0.3) is 5.52 Å². The molecule has 1 N–H and O–H groups in total. The second kappa shape index (κ2) is 6.84. The summed E-state index contributed by atoms with van der Waals surface area (Å²) in [6, 6.07) is 5.45. The van der Waals surface area contributed by atoms with Gasteiger partial charge in [0, 0.05) is 38.9 Å². The molecule has 7 nitrogen and oxygen atoms in total. The Kier molecular flexibility index (Phi) is 4.61. The number of carbonyl (C=O) groups excluding carboxylic acids is 2. The van der Waals surface area contributed by atoms with Crippen molar-refractivity contribution in [1.29, 1.82) is 0 Å². The molecule has 1 aliphatic heterocycles. The molecule has 7 heteroatoms. The molecule has 3 heterocycles. The van der Waals surface area contributed by atoms with Gasteiger partial charge in [-0.25, -0.2) is 4.98 Å². The average Bonchev–Trinajstić information content (AvgIpc) is 2.99. The molecule has 1 saturated heterocycles. The van der Waals surface area contributed by atoms with Crippen molar-refractivity contribution in [2.75, 3.05) is 39.8 Å². The van der Waals surface area contributed by atoms with E-state index in [1.165, 1.54) is 0 Å². The third kappa shape index (κ3) is 3.03. The minimum atomic E-state index is -0.325. The van der Waals surface area contributed by atoms with E-state index < -0.39 is 0 Å². The lowest BCUT2D eigenvalue weighted by Gasteiger charge is -2.32. The highest BCUT2D eigenvalue weighted by Crippen LogP contribution is 2.16. The number of imidazole rings is 1. The topological polar surface area (TPSA) is 70.0 Å². The van der Waals surface area contributed by atoms with Crippen LogP contribution in [0.4, 0.5) is 0 Å². The van der Waals surface area contributed by atoms with Crippen LogP contribution < -0.4 is 5.32 Å². The summed E-state index contributed by atoms with van der Waals surface area (Å²) in [5.41, 5.74) is 0.967. The molecule has 2 amide bonds. The Balaban J connectivity index is 1.94. The number of rotatable bonds is 4. The van der Waals surface area contributed by atoms with Crippen LogP contribution in [0.5, 0.6) is 0 Å². The number of amides is 2. The van der Waals surface area contributed by atoms with Crippen molar-refractivity contribution in [3.05, 3.63) is 48.6 Å². The molecule has 1 fully saturated rings. The van der Waals surface area contributed by atoms with Crippen molar-refractivity contribution >= 4 is 17.3 Å². The van der Waals surface area contributed by atoms with Gasteiger partial charge in [-0.2, -0.15) is 0 Å². The maximum atomic E-state index is 12.9. The molecule has 0 bridgehead atoms. The third-order valence-electron chi connectivity index (χ3n) is 4.15. The zero-order chi connectivity index (χ0) is 17.1. The zero-order valence-electron chi connectivity index (χ0n) is 13.7. The van der Waals surface area contributed by atoms with Gasteiger partial charge in [0.05, 0.1) is 5.52 Å². The maximum absolute atomic E-state index is 12.9. The van der Waals surface area contributed by atoms with Crippen molar-refractivity contribution in [3.8, 4) is 0 Å². The van der Waals surface area contributed by atoms with Gasteiger partial charge in [0.25, 0.3) is 11.8 Å². The number of hydrogen-bond donors (Lipinski definition) is 1. The number of nitrogens with one attached hydrogen (secondary N) is 1. The van der Waals surface area contributed by atoms with Crippen molar-refractivity contribution < 1.29 is 9.59 Å². The summed E-state index contributed by atoms with van der Waals surface area (Å²) in [7, 11) is 2.04. The van der Waals surface area contributed by atoms with Crippen LogP contribution in [0.15, 0.2) is 37.1 Å². The normalized spacial score (nSPS) is 15.5. The Labute approximate surface area is 140 Å². The minimum absolute atomic E-state index is 0.130. The first kappa shape index (κ1) is 16.2. The standard InChI is InChI=1S/C17H21N5O2/c1-3-7-18-16(23)15-19-14(13-6-4-5-8-22(13)15)17(24)21-11-9-20(2)10-12-21/h3-6,8H,1,7,9-12H2,2H3,(H,18,23). The first-order valence-electron chi connectivity index (χ1n) is 7.96. The number of piperazine rings is 1. The summed E-state index contributed by atoms with van der Waals surface area (Å²) in [5.74, 6) is -0.243. The molecule has 2 aromatic heterocycles. The van der Waals surface area contributed by atoms with E-state index in [-0.39, 0.29) is 17.6 Å². The fourth-order valence-electron chi connectivity index (χ4n) is 2.76. The highest BCUT2D eigenvalue weighted by Gasteiger charge is 2.26. The average molecular weight is 327 g/mol. The predicted molar refractivity (Wildman–Crippen MR) is 91.1 cm³/mol. The number of nitrogens with zero attached hydrogens (tertiary/aromatic N) is 4. The first-order valence-corrected chi connectivity index (χ1v) is 7.96. The number of carbonyl (C=O) groups is 2. The molecular weight excluding hydrogens is 306 g/mol. The third-order valence-corrected chi connectivity index (χ3v) is 4.15. The van der Waals surface area contributed by atoms with Gasteiger partial charge >= 0.3 is 0 Å². The monoisotopic (exact) mass is 327 g/mol. The first-order chi connectivity index (χ1) is 11.6. The van der Waals surface area contributed by atoms with Crippen molar-refractivity contribution in [3.63, 3.8) is 0 Å². The van der Waals surface area contributed by atoms with E-state index in [0.717, 1.165) is 13.1 Å². The molecule has 0 atom stereocenters. The largest absolute Gasteiger partial charge is 0.346 e. The summed E-state index contributed by atoms with van der Waals surface area (Å²) in [6.45, 7) is 6.94. The van der Waals surface area contributed by atoms with Gasteiger partial charge in [-0.15, -0.1) is 6.58 Å². The smallest absolute Gasteiger partial charge is 0.287 e. The summed E-state index contributed by atoms with van der Waals surface area (Å²) >= 11 is 0. The molecule has 0 spiro atoms. The minimum Gasteiger partial charge on any atom is -0.346 e. The number of likely N-dealkylation sites (N-methyl/N-ethyl adjacent to an activating group) is 1. The van der Waals surface area contributed by atoms with Crippen LogP contribution in [0.3, 0.4) is 0 Å². The van der Waals surface area contributed by atoms with E-state index in [2.05, 4.69) is 21.8 Å². The van der Waals surface area contributed by atoms with Crippen molar-refractivity contribution in [1.82, 2.24) is 24.5 Å². The van der Waals surface area contributed by atoms with Gasteiger partial charge in [-0.1, -0.05) is 12.1 Å².